The van der Waals surface area contributed by atoms with Crippen LogP contribution in [0.25, 0.3) is 0 Å². The van der Waals surface area contributed by atoms with Crippen LogP contribution >= 0.6 is 0 Å². The maximum absolute atomic E-state index is 12.7. The van der Waals surface area contributed by atoms with Crippen molar-refractivity contribution in [1.29, 1.82) is 0 Å². The van der Waals surface area contributed by atoms with Gasteiger partial charge in [-0.3, -0.25) is 0 Å². The highest BCUT2D eigenvalue weighted by Gasteiger charge is 2.34. The predicted molar refractivity (Wildman–Crippen MR) is 85.0 cm³/mol. The summed E-state index contributed by atoms with van der Waals surface area (Å²) in [6, 6.07) is 4.94. The summed E-state index contributed by atoms with van der Waals surface area (Å²) in [4.78, 5) is -0.0580. The Kier molecular flexibility index (Phi) is 4.96. The highest BCUT2D eigenvalue weighted by molar-refractivity contribution is 7.89. The molecule has 8 nitrogen and oxygen atoms in total. The van der Waals surface area contributed by atoms with E-state index in [0.29, 0.717) is 39.1 Å². The summed E-state index contributed by atoms with van der Waals surface area (Å²) in [5.74, 6) is 0.198. The minimum absolute atomic E-state index is 0.0571. The monoisotopic (exact) mass is 376 g/mol. The van der Waals surface area contributed by atoms with E-state index >= 15 is 0 Å². The predicted octanol–water partition coefficient (Wildman–Crippen LogP) is 0.108. The zero-order chi connectivity index (χ0) is 17.4. The van der Waals surface area contributed by atoms with E-state index in [0.717, 1.165) is 0 Å². The minimum atomic E-state index is -3.84. The van der Waals surface area contributed by atoms with Gasteiger partial charge in [0.05, 0.1) is 23.0 Å². The number of ether oxygens (including phenoxy) is 2. The Morgan fingerprint density at radius 3 is 1.92 bits per heavy atom. The normalized spacial score (nSPS) is 22.0. The second-order valence-corrected chi connectivity index (χ2v) is 9.37. The first-order valence-electron chi connectivity index (χ1n) is 7.65. The molecule has 3 rings (SSSR count). The number of primary sulfonamides is 1. The van der Waals surface area contributed by atoms with Gasteiger partial charge in [-0.15, -0.1) is 0 Å². The van der Waals surface area contributed by atoms with Crippen LogP contribution in [0.4, 0.5) is 0 Å². The number of hydrogen-bond acceptors (Lipinski definition) is 6. The van der Waals surface area contributed by atoms with Gasteiger partial charge in [-0.1, -0.05) is 0 Å². The van der Waals surface area contributed by atoms with Crippen LogP contribution in [-0.2, 0) is 29.5 Å². The lowest BCUT2D eigenvalue weighted by Gasteiger charge is -2.33. The Hall–Kier alpha value is -1.04. The van der Waals surface area contributed by atoms with E-state index < -0.39 is 20.0 Å². The first-order chi connectivity index (χ1) is 11.3. The number of sulfonamides is 2. The van der Waals surface area contributed by atoms with Crippen LogP contribution in [0.15, 0.2) is 34.1 Å². The Balaban J connectivity index is 1.70. The van der Waals surface area contributed by atoms with E-state index in [1.54, 1.807) is 0 Å². The van der Waals surface area contributed by atoms with Crippen molar-refractivity contribution >= 4 is 20.0 Å². The smallest absolute Gasteiger partial charge is 0.243 e. The average Bonchev–Trinajstić information content (AvgIpc) is 3.09. The average molecular weight is 376 g/mol. The molecule has 2 fully saturated rings. The molecular weight excluding hydrogens is 356 g/mol. The maximum atomic E-state index is 12.7. The number of nitrogens with two attached hydrogens (primary N) is 1. The molecule has 0 spiro atoms. The molecule has 0 bridgehead atoms. The quantitative estimate of drug-likeness (QED) is 0.797. The maximum Gasteiger partial charge on any atom is 0.243 e. The molecule has 0 aromatic heterocycles. The number of piperidine rings is 1. The van der Waals surface area contributed by atoms with Gasteiger partial charge >= 0.3 is 0 Å². The van der Waals surface area contributed by atoms with Crippen LogP contribution < -0.4 is 5.14 Å². The Morgan fingerprint density at radius 2 is 1.42 bits per heavy atom. The van der Waals surface area contributed by atoms with Gasteiger partial charge in [-0.05, 0) is 37.1 Å². The van der Waals surface area contributed by atoms with Crippen molar-refractivity contribution in [2.75, 3.05) is 26.3 Å². The first kappa shape index (κ1) is 17.8. The molecule has 2 aliphatic rings. The fourth-order valence-corrected chi connectivity index (χ4v) is 4.97. The molecule has 0 unspecified atom stereocenters. The molecule has 1 aromatic carbocycles. The fraction of sp³-hybridized carbons (Fsp3) is 0.571. The lowest BCUT2D eigenvalue weighted by molar-refractivity contribution is -0.0938. The summed E-state index contributed by atoms with van der Waals surface area (Å²) in [6.07, 6.45) is 1.10. The van der Waals surface area contributed by atoms with Gasteiger partial charge in [0.2, 0.25) is 20.0 Å². The van der Waals surface area contributed by atoms with Crippen molar-refractivity contribution < 1.29 is 26.3 Å². The van der Waals surface area contributed by atoms with Crippen LogP contribution in [0.1, 0.15) is 12.8 Å². The van der Waals surface area contributed by atoms with Gasteiger partial charge in [0.1, 0.15) is 0 Å². The Labute approximate surface area is 141 Å². The molecule has 0 radical (unpaired) electrons. The lowest BCUT2D eigenvalue weighted by Crippen LogP contribution is -2.41. The fourth-order valence-electron chi connectivity index (χ4n) is 2.99. The summed E-state index contributed by atoms with van der Waals surface area (Å²) < 4.78 is 60.2. The van der Waals surface area contributed by atoms with Crippen LogP contribution in [0, 0.1) is 5.92 Å². The number of nitrogens with zero attached hydrogens (tertiary/aromatic N) is 1. The number of rotatable bonds is 4. The second kappa shape index (κ2) is 6.70. The summed E-state index contributed by atoms with van der Waals surface area (Å²) in [7, 11) is -7.50. The molecule has 24 heavy (non-hydrogen) atoms. The zero-order valence-corrected chi connectivity index (χ0v) is 14.6. The topological polar surface area (TPSA) is 116 Å². The van der Waals surface area contributed by atoms with Gasteiger partial charge in [-0.25, -0.2) is 22.0 Å². The van der Waals surface area contributed by atoms with E-state index in [1.165, 1.54) is 28.6 Å². The van der Waals surface area contributed by atoms with Gasteiger partial charge < -0.3 is 9.47 Å². The molecule has 0 saturated carbocycles. The molecule has 0 aliphatic carbocycles. The van der Waals surface area contributed by atoms with E-state index in [9.17, 15) is 16.8 Å². The summed E-state index contributed by atoms with van der Waals surface area (Å²) in [6.45, 7) is 1.93. The molecule has 2 heterocycles. The van der Waals surface area contributed by atoms with E-state index in [2.05, 4.69) is 0 Å². The largest absolute Gasteiger partial charge is 0.350 e. The first-order valence-corrected chi connectivity index (χ1v) is 10.6. The second-order valence-electron chi connectivity index (χ2n) is 5.87. The number of benzene rings is 1. The third-order valence-electron chi connectivity index (χ3n) is 4.32. The lowest BCUT2D eigenvalue weighted by atomic mass is 9.98. The molecule has 10 heteroatoms. The third kappa shape index (κ3) is 3.63. The van der Waals surface area contributed by atoms with Crippen LogP contribution in [0.2, 0.25) is 0 Å². The molecule has 1 aromatic rings. The van der Waals surface area contributed by atoms with Crippen molar-refractivity contribution in [1.82, 2.24) is 4.31 Å². The zero-order valence-electron chi connectivity index (χ0n) is 13.0. The van der Waals surface area contributed by atoms with Crippen LogP contribution in [-0.4, -0.2) is 53.7 Å². The Morgan fingerprint density at radius 1 is 0.917 bits per heavy atom. The van der Waals surface area contributed by atoms with Crippen LogP contribution in [0.3, 0.4) is 0 Å². The molecule has 134 valence electrons. The summed E-state index contributed by atoms with van der Waals surface area (Å²) in [5, 5.41) is 5.02. The summed E-state index contributed by atoms with van der Waals surface area (Å²) in [5.41, 5.74) is 0. The molecule has 2 saturated heterocycles. The SMILES string of the molecule is NS(=O)(=O)c1ccc(S(=O)(=O)N2CCC(C3OCCO3)CC2)cc1. The minimum Gasteiger partial charge on any atom is -0.350 e. The molecule has 2 aliphatic heterocycles. The van der Waals surface area contributed by atoms with E-state index in [4.69, 9.17) is 14.6 Å². The van der Waals surface area contributed by atoms with Crippen molar-refractivity contribution in [2.24, 2.45) is 11.1 Å². The standard InChI is InChI=1S/C14H20N2O6S2/c15-23(17,18)12-1-3-13(4-2-12)24(19,20)16-7-5-11(6-8-16)14-21-9-10-22-14/h1-4,11,14H,5-10H2,(H2,15,17,18). The summed E-state index contributed by atoms with van der Waals surface area (Å²) >= 11 is 0. The van der Waals surface area contributed by atoms with Crippen LogP contribution in [0.5, 0.6) is 0 Å². The van der Waals surface area contributed by atoms with Crippen molar-refractivity contribution in [3.05, 3.63) is 24.3 Å². The molecule has 2 N–H and O–H groups in total. The molecular formula is C14H20N2O6S2. The number of hydrogen-bond donors (Lipinski definition) is 1. The van der Waals surface area contributed by atoms with Crippen molar-refractivity contribution in [2.45, 2.75) is 28.9 Å². The Bertz CT molecular complexity index is 777. The van der Waals surface area contributed by atoms with Gasteiger partial charge in [0.15, 0.2) is 6.29 Å². The van der Waals surface area contributed by atoms with Crippen molar-refractivity contribution in [3.8, 4) is 0 Å². The van der Waals surface area contributed by atoms with E-state index in [1.807, 2.05) is 0 Å². The highest BCUT2D eigenvalue weighted by Crippen LogP contribution is 2.29. The van der Waals surface area contributed by atoms with Gasteiger partial charge in [-0.2, -0.15) is 4.31 Å². The molecule has 0 atom stereocenters. The van der Waals surface area contributed by atoms with Gasteiger partial charge in [0.25, 0.3) is 0 Å². The van der Waals surface area contributed by atoms with Gasteiger partial charge in [0, 0.05) is 19.0 Å². The molecule has 0 amide bonds. The highest BCUT2D eigenvalue weighted by atomic mass is 32.2. The van der Waals surface area contributed by atoms with E-state index in [-0.39, 0.29) is 22.0 Å². The third-order valence-corrected chi connectivity index (χ3v) is 7.16. The van der Waals surface area contributed by atoms with Crippen molar-refractivity contribution in [3.63, 3.8) is 0 Å².